The Kier molecular flexibility index (Phi) is 5.70. The highest BCUT2D eigenvalue weighted by Crippen LogP contribution is 2.26. The molecule has 4 nitrogen and oxygen atoms in total. The van der Waals surface area contributed by atoms with Crippen LogP contribution in [0.3, 0.4) is 0 Å². The average molecular weight is 509 g/mol. The Hall–Kier alpha value is -1.93. The number of rotatable bonds is 4. The Morgan fingerprint density at radius 1 is 1.16 bits per heavy atom. The standard InChI is InChI=1S/C19H14BrIN2O2/c1-12-2-3-14(10-17(12)20)18-9-8-16(25-18)11-22-23-19(24)13-4-6-15(21)7-5-13/h2-11H,1H3,(H,23,24)/b22-11-. The second-order valence-corrected chi connectivity index (χ2v) is 7.47. The Morgan fingerprint density at radius 3 is 2.64 bits per heavy atom. The monoisotopic (exact) mass is 508 g/mol. The number of halogens is 2. The van der Waals surface area contributed by atoms with Gasteiger partial charge in [-0.15, -0.1) is 0 Å². The van der Waals surface area contributed by atoms with E-state index in [0.717, 1.165) is 24.9 Å². The molecule has 0 saturated carbocycles. The number of furan rings is 1. The largest absolute Gasteiger partial charge is 0.455 e. The van der Waals surface area contributed by atoms with Crippen molar-refractivity contribution in [3.8, 4) is 11.3 Å². The molecule has 0 atom stereocenters. The van der Waals surface area contributed by atoms with E-state index in [2.05, 4.69) is 49.0 Å². The summed E-state index contributed by atoms with van der Waals surface area (Å²) in [5, 5.41) is 3.95. The van der Waals surface area contributed by atoms with Crippen LogP contribution in [-0.2, 0) is 0 Å². The number of carbonyl (C=O) groups excluding carboxylic acids is 1. The van der Waals surface area contributed by atoms with E-state index in [9.17, 15) is 4.79 Å². The van der Waals surface area contributed by atoms with Crippen molar-refractivity contribution in [2.24, 2.45) is 5.10 Å². The second-order valence-electron chi connectivity index (χ2n) is 5.37. The Morgan fingerprint density at radius 2 is 1.92 bits per heavy atom. The molecule has 2 aromatic carbocycles. The van der Waals surface area contributed by atoms with E-state index in [0.29, 0.717) is 11.3 Å². The van der Waals surface area contributed by atoms with Gasteiger partial charge in [0.25, 0.3) is 5.91 Å². The van der Waals surface area contributed by atoms with Crippen molar-refractivity contribution in [1.82, 2.24) is 5.43 Å². The van der Waals surface area contributed by atoms with E-state index in [-0.39, 0.29) is 5.91 Å². The molecule has 1 aromatic heterocycles. The molecule has 0 spiro atoms. The lowest BCUT2D eigenvalue weighted by Gasteiger charge is -2.01. The van der Waals surface area contributed by atoms with Gasteiger partial charge in [0.05, 0.1) is 6.21 Å². The molecular weight excluding hydrogens is 495 g/mol. The number of hydrazone groups is 1. The number of benzene rings is 2. The highest BCUT2D eigenvalue weighted by atomic mass is 127. The molecule has 25 heavy (non-hydrogen) atoms. The summed E-state index contributed by atoms with van der Waals surface area (Å²) < 4.78 is 7.85. The molecule has 0 fully saturated rings. The summed E-state index contributed by atoms with van der Waals surface area (Å²) in [7, 11) is 0. The molecule has 0 bridgehead atoms. The van der Waals surface area contributed by atoms with Gasteiger partial charge < -0.3 is 4.42 Å². The Labute approximate surface area is 167 Å². The normalized spacial score (nSPS) is 11.0. The van der Waals surface area contributed by atoms with Gasteiger partial charge in [-0.2, -0.15) is 5.10 Å². The van der Waals surface area contributed by atoms with E-state index in [1.807, 2.05) is 49.4 Å². The molecule has 0 unspecified atom stereocenters. The molecule has 0 aliphatic heterocycles. The first-order valence-electron chi connectivity index (χ1n) is 7.48. The first kappa shape index (κ1) is 17.9. The highest BCUT2D eigenvalue weighted by Gasteiger charge is 2.06. The topological polar surface area (TPSA) is 54.6 Å². The number of nitrogens with zero attached hydrogens (tertiary/aromatic N) is 1. The fourth-order valence-corrected chi connectivity index (χ4v) is 2.88. The SMILES string of the molecule is Cc1ccc(-c2ccc(/C=N\NC(=O)c3ccc(I)cc3)o2)cc1Br. The molecule has 3 rings (SSSR count). The molecule has 0 radical (unpaired) electrons. The van der Waals surface area contributed by atoms with Gasteiger partial charge in [-0.25, -0.2) is 5.43 Å². The summed E-state index contributed by atoms with van der Waals surface area (Å²) in [6.07, 6.45) is 1.48. The van der Waals surface area contributed by atoms with E-state index in [1.54, 1.807) is 12.1 Å². The van der Waals surface area contributed by atoms with Crippen molar-refractivity contribution in [1.29, 1.82) is 0 Å². The quantitative estimate of drug-likeness (QED) is 0.292. The molecule has 0 saturated heterocycles. The molecule has 1 heterocycles. The molecule has 1 N–H and O–H groups in total. The zero-order valence-electron chi connectivity index (χ0n) is 13.3. The van der Waals surface area contributed by atoms with Crippen LogP contribution in [-0.4, -0.2) is 12.1 Å². The van der Waals surface area contributed by atoms with Crippen molar-refractivity contribution in [2.45, 2.75) is 6.92 Å². The number of carbonyl (C=O) groups is 1. The van der Waals surface area contributed by atoms with Gasteiger partial charge in [0.1, 0.15) is 11.5 Å². The summed E-state index contributed by atoms with van der Waals surface area (Å²) in [5.41, 5.74) is 5.19. The van der Waals surface area contributed by atoms with Crippen molar-refractivity contribution in [3.05, 3.63) is 79.5 Å². The minimum absolute atomic E-state index is 0.262. The van der Waals surface area contributed by atoms with Gasteiger partial charge in [0.2, 0.25) is 0 Å². The van der Waals surface area contributed by atoms with Gasteiger partial charge in [0.15, 0.2) is 0 Å². The van der Waals surface area contributed by atoms with Crippen LogP contribution >= 0.6 is 38.5 Å². The van der Waals surface area contributed by atoms with Crippen LogP contribution in [0.4, 0.5) is 0 Å². The molecular formula is C19H14BrIN2O2. The second kappa shape index (κ2) is 7.97. The summed E-state index contributed by atoms with van der Waals surface area (Å²) in [6, 6.07) is 17.0. The number of aryl methyl sites for hydroxylation is 1. The minimum atomic E-state index is -0.262. The van der Waals surface area contributed by atoms with Crippen LogP contribution < -0.4 is 5.43 Å². The molecule has 126 valence electrons. The van der Waals surface area contributed by atoms with Crippen LogP contribution in [0.5, 0.6) is 0 Å². The van der Waals surface area contributed by atoms with E-state index >= 15 is 0 Å². The molecule has 0 aliphatic carbocycles. The maximum Gasteiger partial charge on any atom is 0.271 e. The maximum absolute atomic E-state index is 12.0. The molecule has 6 heteroatoms. The maximum atomic E-state index is 12.0. The van der Waals surface area contributed by atoms with Crippen LogP contribution in [0.15, 0.2) is 68.6 Å². The van der Waals surface area contributed by atoms with Gasteiger partial charge in [-0.1, -0.05) is 28.1 Å². The van der Waals surface area contributed by atoms with Crippen molar-refractivity contribution in [3.63, 3.8) is 0 Å². The van der Waals surface area contributed by atoms with Gasteiger partial charge in [0, 0.05) is 19.2 Å². The molecule has 1 amide bonds. The average Bonchev–Trinajstić information content (AvgIpc) is 3.07. The predicted molar refractivity (Wildman–Crippen MR) is 111 cm³/mol. The zero-order valence-corrected chi connectivity index (χ0v) is 17.0. The van der Waals surface area contributed by atoms with Crippen molar-refractivity contribution in [2.75, 3.05) is 0 Å². The Bertz CT molecular complexity index is 933. The lowest BCUT2D eigenvalue weighted by Crippen LogP contribution is -2.17. The lowest BCUT2D eigenvalue weighted by atomic mass is 10.1. The van der Waals surface area contributed by atoms with Crippen LogP contribution in [0.1, 0.15) is 21.7 Å². The van der Waals surface area contributed by atoms with E-state index in [1.165, 1.54) is 6.21 Å². The van der Waals surface area contributed by atoms with Crippen molar-refractivity contribution >= 4 is 50.6 Å². The van der Waals surface area contributed by atoms with Crippen LogP contribution in [0.2, 0.25) is 0 Å². The van der Waals surface area contributed by atoms with Gasteiger partial charge in [-0.05, 0) is 77.5 Å². The lowest BCUT2D eigenvalue weighted by molar-refractivity contribution is 0.0955. The van der Waals surface area contributed by atoms with Gasteiger partial charge >= 0.3 is 0 Å². The predicted octanol–water partition coefficient (Wildman–Crippen LogP) is 5.39. The molecule has 0 aliphatic rings. The fourth-order valence-electron chi connectivity index (χ4n) is 2.14. The van der Waals surface area contributed by atoms with Crippen molar-refractivity contribution < 1.29 is 9.21 Å². The Balaban J connectivity index is 1.66. The third-order valence-corrected chi connectivity index (χ3v) is 5.12. The summed E-state index contributed by atoms with van der Waals surface area (Å²) in [6.45, 7) is 2.03. The number of nitrogens with one attached hydrogen (secondary N) is 1. The highest BCUT2D eigenvalue weighted by molar-refractivity contribution is 14.1. The van der Waals surface area contributed by atoms with Crippen LogP contribution in [0.25, 0.3) is 11.3 Å². The van der Waals surface area contributed by atoms with E-state index < -0.39 is 0 Å². The summed E-state index contributed by atoms with van der Waals surface area (Å²) in [4.78, 5) is 12.0. The third kappa shape index (κ3) is 4.58. The fraction of sp³-hybridized carbons (Fsp3) is 0.0526. The first-order chi connectivity index (χ1) is 12.0. The molecule has 3 aromatic rings. The number of amides is 1. The van der Waals surface area contributed by atoms with Crippen LogP contribution in [0, 0.1) is 10.5 Å². The third-order valence-electron chi connectivity index (χ3n) is 3.55. The summed E-state index contributed by atoms with van der Waals surface area (Å²) >= 11 is 5.71. The first-order valence-corrected chi connectivity index (χ1v) is 9.35. The minimum Gasteiger partial charge on any atom is -0.455 e. The van der Waals surface area contributed by atoms with Gasteiger partial charge in [-0.3, -0.25) is 4.79 Å². The van der Waals surface area contributed by atoms with E-state index in [4.69, 9.17) is 4.42 Å². The number of hydrogen-bond acceptors (Lipinski definition) is 3. The smallest absolute Gasteiger partial charge is 0.271 e. The summed E-state index contributed by atoms with van der Waals surface area (Å²) in [5.74, 6) is 1.04. The number of hydrogen-bond donors (Lipinski definition) is 1. The zero-order chi connectivity index (χ0) is 17.8.